The fourth-order valence-electron chi connectivity index (χ4n) is 2.01. The molecule has 0 aliphatic rings. The molecule has 0 aliphatic carbocycles. The van der Waals surface area contributed by atoms with Crippen LogP contribution in [0.1, 0.15) is 16.5 Å². The average molecular weight is 294 g/mol. The summed E-state index contributed by atoms with van der Waals surface area (Å²) in [5.74, 6) is 1.96. The van der Waals surface area contributed by atoms with Crippen LogP contribution in [0.25, 0.3) is 0 Å². The van der Waals surface area contributed by atoms with Gasteiger partial charge in [-0.25, -0.2) is 0 Å². The Balaban J connectivity index is 2.33. The molecule has 2 aromatic rings. The first-order valence-corrected chi connectivity index (χ1v) is 7.00. The summed E-state index contributed by atoms with van der Waals surface area (Å²) in [4.78, 5) is 5.19. The molecule has 1 aromatic carbocycles. The van der Waals surface area contributed by atoms with Crippen molar-refractivity contribution in [1.29, 1.82) is 0 Å². The first-order chi connectivity index (χ1) is 9.69. The molecule has 6 heteroatoms. The Hall–Kier alpha value is -1.79. The highest BCUT2D eigenvalue weighted by Gasteiger charge is 2.18. The van der Waals surface area contributed by atoms with Crippen LogP contribution < -0.4 is 19.9 Å². The Morgan fingerprint density at radius 3 is 2.30 bits per heavy atom. The molecule has 2 N–H and O–H groups in total. The second kappa shape index (κ2) is 6.58. The van der Waals surface area contributed by atoms with Crippen molar-refractivity contribution in [2.45, 2.75) is 12.5 Å². The van der Waals surface area contributed by atoms with Gasteiger partial charge in [-0.05, 0) is 6.07 Å². The molecule has 0 saturated carbocycles. The number of hydrogen-bond acceptors (Lipinski definition) is 6. The van der Waals surface area contributed by atoms with E-state index in [2.05, 4.69) is 4.98 Å². The Morgan fingerprint density at radius 1 is 1.10 bits per heavy atom. The Bertz CT molecular complexity index is 558. The third-order valence-electron chi connectivity index (χ3n) is 3.04. The number of rotatable bonds is 6. The molecular formula is C14H18N2O3S. The zero-order chi connectivity index (χ0) is 14.5. The highest BCUT2D eigenvalue weighted by molar-refractivity contribution is 7.09. The Labute approximate surface area is 122 Å². The number of methoxy groups -OCH3 is 3. The summed E-state index contributed by atoms with van der Waals surface area (Å²) in [5.41, 5.74) is 8.97. The van der Waals surface area contributed by atoms with E-state index in [4.69, 9.17) is 19.9 Å². The van der Waals surface area contributed by atoms with Gasteiger partial charge in [-0.2, -0.15) is 0 Å². The van der Waals surface area contributed by atoms with E-state index in [0.29, 0.717) is 23.7 Å². The summed E-state index contributed by atoms with van der Waals surface area (Å²) < 4.78 is 16.0. The van der Waals surface area contributed by atoms with Crippen molar-refractivity contribution < 1.29 is 14.2 Å². The van der Waals surface area contributed by atoms with Crippen molar-refractivity contribution >= 4 is 11.3 Å². The van der Waals surface area contributed by atoms with Crippen LogP contribution in [-0.4, -0.2) is 26.3 Å². The van der Waals surface area contributed by atoms with E-state index in [9.17, 15) is 0 Å². The maximum Gasteiger partial charge on any atom is 0.164 e. The molecular weight excluding hydrogens is 276 g/mol. The third kappa shape index (κ3) is 3.02. The smallest absolute Gasteiger partial charge is 0.164 e. The molecule has 0 bridgehead atoms. The predicted octanol–water partition coefficient (Wildman–Crippen LogP) is 2.41. The lowest BCUT2D eigenvalue weighted by Gasteiger charge is -2.18. The molecule has 1 unspecified atom stereocenters. The molecule has 108 valence electrons. The van der Waals surface area contributed by atoms with E-state index in [1.165, 1.54) is 0 Å². The van der Waals surface area contributed by atoms with Crippen molar-refractivity contribution in [2.75, 3.05) is 21.3 Å². The largest absolute Gasteiger partial charge is 0.496 e. The van der Waals surface area contributed by atoms with Gasteiger partial charge in [-0.15, -0.1) is 11.3 Å². The quantitative estimate of drug-likeness (QED) is 0.886. The molecule has 1 heterocycles. The van der Waals surface area contributed by atoms with E-state index in [0.717, 1.165) is 10.4 Å². The van der Waals surface area contributed by atoms with E-state index >= 15 is 0 Å². The molecule has 0 fully saturated rings. The van der Waals surface area contributed by atoms with Crippen molar-refractivity contribution in [3.8, 4) is 17.2 Å². The SMILES string of the molecule is COc1cc(OC)c(C(N)Cc2cncs2)cc1OC. The summed E-state index contributed by atoms with van der Waals surface area (Å²) in [5, 5.41) is 0. The molecule has 2 rings (SSSR count). The molecule has 0 spiro atoms. The molecule has 5 nitrogen and oxygen atoms in total. The number of hydrogen-bond donors (Lipinski definition) is 1. The normalized spacial score (nSPS) is 12.0. The average Bonchev–Trinajstić information content (AvgIpc) is 2.98. The summed E-state index contributed by atoms with van der Waals surface area (Å²) in [7, 11) is 4.81. The van der Waals surface area contributed by atoms with E-state index in [1.807, 2.05) is 12.3 Å². The Kier molecular flexibility index (Phi) is 4.81. The van der Waals surface area contributed by atoms with Crippen molar-refractivity contribution in [3.05, 3.63) is 34.3 Å². The number of nitrogens with two attached hydrogens (primary N) is 1. The molecule has 20 heavy (non-hydrogen) atoms. The van der Waals surface area contributed by atoms with Gasteiger partial charge in [0.25, 0.3) is 0 Å². The van der Waals surface area contributed by atoms with Crippen LogP contribution in [0.3, 0.4) is 0 Å². The van der Waals surface area contributed by atoms with Crippen LogP contribution in [-0.2, 0) is 6.42 Å². The monoisotopic (exact) mass is 294 g/mol. The van der Waals surface area contributed by atoms with Gasteiger partial charge < -0.3 is 19.9 Å². The third-order valence-corrected chi connectivity index (χ3v) is 3.84. The first-order valence-electron chi connectivity index (χ1n) is 6.12. The summed E-state index contributed by atoms with van der Waals surface area (Å²) in [6, 6.07) is 3.47. The Morgan fingerprint density at radius 2 is 1.75 bits per heavy atom. The van der Waals surface area contributed by atoms with Crippen LogP contribution in [0.4, 0.5) is 0 Å². The topological polar surface area (TPSA) is 66.6 Å². The molecule has 1 aromatic heterocycles. The predicted molar refractivity (Wildman–Crippen MR) is 78.8 cm³/mol. The lowest BCUT2D eigenvalue weighted by molar-refractivity contribution is 0.346. The number of aromatic nitrogens is 1. The van der Waals surface area contributed by atoms with Crippen molar-refractivity contribution in [1.82, 2.24) is 4.98 Å². The highest BCUT2D eigenvalue weighted by atomic mass is 32.1. The summed E-state index contributed by atoms with van der Waals surface area (Å²) >= 11 is 1.59. The van der Waals surface area contributed by atoms with Gasteiger partial charge in [-0.3, -0.25) is 4.98 Å². The zero-order valence-electron chi connectivity index (χ0n) is 11.8. The lowest BCUT2D eigenvalue weighted by atomic mass is 10.0. The minimum atomic E-state index is -0.190. The van der Waals surface area contributed by atoms with Gasteiger partial charge in [0, 0.05) is 35.2 Å². The van der Waals surface area contributed by atoms with Crippen LogP contribution in [0.2, 0.25) is 0 Å². The maximum atomic E-state index is 6.28. The second-order valence-corrected chi connectivity index (χ2v) is 5.20. The van der Waals surface area contributed by atoms with Crippen LogP contribution in [0.5, 0.6) is 17.2 Å². The van der Waals surface area contributed by atoms with Gasteiger partial charge >= 0.3 is 0 Å². The van der Waals surface area contributed by atoms with Crippen molar-refractivity contribution in [2.24, 2.45) is 5.73 Å². The van der Waals surface area contributed by atoms with Crippen molar-refractivity contribution in [3.63, 3.8) is 0 Å². The number of ether oxygens (including phenoxy) is 3. The fourth-order valence-corrected chi connectivity index (χ4v) is 2.67. The van der Waals surface area contributed by atoms with Gasteiger partial charge in [0.15, 0.2) is 11.5 Å². The van der Waals surface area contributed by atoms with Gasteiger partial charge in [0.05, 0.1) is 26.8 Å². The van der Waals surface area contributed by atoms with E-state index < -0.39 is 0 Å². The number of thiazole rings is 1. The van der Waals surface area contributed by atoms with Crippen LogP contribution >= 0.6 is 11.3 Å². The second-order valence-electron chi connectivity index (χ2n) is 4.23. The highest BCUT2D eigenvalue weighted by Crippen LogP contribution is 2.37. The fraction of sp³-hybridized carbons (Fsp3) is 0.357. The minimum Gasteiger partial charge on any atom is -0.496 e. The van der Waals surface area contributed by atoms with E-state index in [1.54, 1.807) is 44.2 Å². The first kappa shape index (κ1) is 14.6. The van der Waals surface area contributed by atoms with Gasteiger partial charge in [0.1, 0.15) is 5.75 Å². The molecule has 0 radical (unpaired) electrons. The number of nitrogens with zero attached hydrogens (tertiary/aromatic N) is 1. The number of benzene rings is 1. The lowest BCUT2D eigenvalue weighted by Crippen LogP contribution is -2.14. The summed E-state index contributed by atoms with van der Waals surface area (Å²) in [6.07, 6.45) is 2.54. The van der Waals surface area contributed by atoms with Crippen LogP contribution in [0, 0.1) is 0 Å². The molecule has 0 aliphatic heterocycles. The zero-order valence-corrected chi connectivity index (χ0v) is 12.6. The maximum absolute atomic E-state index is 6.28. The van der Waals surface area contributed by atoms with E-state index in [-0.39, 0.29) is 6.04 Å². The summed E-state index contributed by atoms with van der Waals surface area (Å²) in [6.45, 7) is 0. The standard InChI is InChI=1S/C14H18N2O3S/c1-17-12-6-14(19-3)13(18-2)5-10(12)11(15)4-9-7-16-8-20-9/h5-8,11H,4,15H2,1-3H3. The van der Waals surface area contributed by atoms with Crippen LogP contribution in [0.15, 0.2) is 23.8 Å². The van der Waals surface area contributed by atoms with Gasteiger partial charge in [0.2, 0.25) is 0 Å². The molecule has 0 amide bonds. The molecule has 0 saturated heterocycles. The van der Waals surface area contributed by atoms with Gasteiger partial charge in [-0.1, -0.05) is 0 Å². The molecule has 1 atom stereocenters. The minimum absolute atomic E-state index is 0.190.